The van der Waals surface area contributed by atoms with Crippen LogP contribution >= 0.6 is 46.0 Å². The van der Waals surface area contributed by atoms with Gasteiger partial charge in [0, 0.05) is 10.7 Å². The minimum Gasteiger partial charge on any atom is -0.366 e. The molecule has 2 amide bonds. The van der Waals surface area contributed by atoms with Crippen molar-refractivity contribution in [2.75, 3.05) is 10.6 Å². The Bertz CT molecular complexity index is 1020. The molecule has 0 radical (unpaired) electrons. The standard InChI is InChI=1S/C17H16ClN5O2S3/c1-8-11(18)4-3-5-12(8)20-16-22-23-17(28-16)27-9(2)14(25)21-15-10(13(19)24)6-7-26-15/h3-7,9H,1-2H3,(H2,19,24)(H,20,22)(H,21,25). The lowest BCUT2D eigenvalue weighted by Crippen LogP contribution is -2.23. The van der Waals surface area contributed by atoms with E-state index in [0.29, 0.717) is 25.1 Å². The average Bonchev–Trinajstić information content (AvgIpc) is 3.28. The summed E-state index contributed by atoms with van der Waals surface area (Å²) in [7, 11) is 0. The van der Waals surface area contributed by atoms with Crippen molar-refractivity contribution in [1.29, 1.82) is 0 Å². The predicted octanol–water partition coefficient (Wildman–Crippen LogP) is 4.52. The molecule has 0 saturated heterocycles. The minimum absolute atomic E-state index is 0.245. The zero-order chi connectivity index (χ0) is 20.3. The largest absolute Gasteiger partial charge is 0.366 e. The van der Waals surface area contributed by atoms with Gasteiger partial charge in [-0.25, -0.2) is 0 Å². The quantitative estimate of drug-likeness (QED) is 0.453. The number of amides is 2. The Morgan fingerprint density at radius 2 is 2.07 bits per heavy atom. The van der Waals surface area contributed by atoms with Crippen LogP contribution in [0.5, 0.6) is 0 Å². The van der Waals surface area contributed by atoms with E-state index in [-0.39, 0.29) is 5.91 Å². The average molecular weight is 454 g/mol. The summed E-state index contributed by atoms with van der Waals surface area (Å²) in [5.41, 5.74) is 7.37. The number of carbonyl (C=O) groups is 2. The molecule has 0 aliphatic heterocycles. The van der Waals surface area contributed by atoms with Crippen LogP contribution in [-0.4, -0.2) is 27.3 Å². The molecular weight excluding hydrogens is 438 g/mol. The molecule has 0 bridgehead atoms. The van der Waals surface area contributed by atoms with E-state index in [9.17, 15) is 9.59 Å². The van der Waals surface area contributed by atoms with Crippen LogP contribution in [0, 0.1) is 6.92 Å². The molecule has 1 atom stereocenters. The van der Waals surface area contributed by atoms with Crippen LogP contribution in [0.1, 0.15) is 22.8 Å². The number of aromatic nitrogens is 2. The van der Waals surface area contributed by atoms with Gasteiger partial charge in [-0.2, -0.15) is 0 Å². The van der Waals surface area contributed by atoms with Gasteiger partial charge >= 0.3 is 0 Å². The molecule has 0 spiro atoms. The van der Waals surface area contributed by atoms with Crippen molar-refractivity contribution in [2.45, 2.75) is 23.4 Å². The SMILES string of the molecule is Cc1c(Cl)cccc1Nc1nnc(SC(C)C(=O)Nc2sccc2C(N)=O)s1. The number of anilines is 3. The molecule has 11 heteroatoms. The molecule has 4 N–H and O–H groups in total. The topological polar surface area (TPSA) is 110 Å². The summed E-state index contributed by atoms with van der Waals surface area (Å²) in [6, 6.07) is 7.16. The maximum atomic E-state index is 12.4. The van der Waals surface area contributed by atoms with E-state index >= 15 is 0 Å². The normalized spacial score (nSPS) is 11.8. The predicted molar refractivity (Wildman–Crippen MR) is 116 cm³/mol. The first-order valence-electron chi connectivity index (χ1n) is 8.05. The second kappa shape index (κ2) is 8.91. The van der Waals surface area contributed by atoms with E-state index in [1.165, 1.54) is 34.4 Å². The first kappa shape index (κ1) is 20.6. The summed E-state index contributed by atoms with van der Waals surface area (Å²) in [5.74, 6) is -0.821. The number of rotatable bonds is 7. The van der Waals surface area contributed by atoms with Gasteiger partial charge in [0.15, 0.2) is 4.34 Å². The highest BCUT2D eigenvalue weighted by atomic mass is 35.5. The van der Waals surface area contributed by atoms with E-state index in [0.717, 1.165) is 11.3 Å². The lowest BCUT2D eigenvalue weighted by atomic mass is 10.2. The van der Waals surface area contributed by atoms with Crippen LogP contribution in [0.15, 0.2) is 34.0 Å². The Labute approximate surface area is 178 Å². The molecule has 2 heterocycles. The van der Waals surface area contributed by atoms with Crippen molar-refractivity contribution in [1.82, 2.24) is 10.2 Å². The van der Waals surface area contributed by atoms with Gasteiger partial charge in [-0.15, -0.1) is 21.5 Å². The Kier molecular flexibility index (Phi) is 6.55. The second-order valence-corrected chi connectivity index (χ2v) is 9.58. The van der Waals surface area contributed by atoms with Crippen molar-refractivity contribution in [3.8, 4) is 0 Å². The Morgan fingerprint density at radius 1 is 1.29 bits per heavy atom. The van der Waals surface area contributed by atoms with Gasteiger partial charge < -0.3 is 16.4 Å². The van der Waals surface area contributed by atoms with Gasteiger partial charge in [0.1, 0.15) is 5.00 Å². The Balaban J connectivity index is 1.62. The summed E-state index contributed by atoms with van der Waals surface area (Å²) in [5, 5.41) is 17.1. The van der Waals surface area contributed by atoms with Gasteiger partial charge in [0.05, 0.1) is 10.8 Å². The van der Waals surface area contributed by atoms with Crippen molar-refractivity contribution in [3.05, 3.63) is 45.8 Å². The molecule has 1 unspecified atom stereocenters. The molecule has 1 aromatic carbocycles. The van der Waals surface area contributed by atoms with Gasteiger partial charge in [-0.1, -0.05) is 40.8 Å². The third-order valence-electron chi connectivity index (χ3n) is 3.73. The second-order valence-electron chi connectivity index (χ2n) is 5.69. The molecule has 3 aromatic rings. The number of nitrogens with one attached hydrogen (secondary N) is 2. The minimum atomic E-state index is -0.576. The molecular formula is C17H16ClN5O2S3. The number of halogens is 1. The van der Waals surface area contributed by atoms with Crippen LogP contribution < -0.4 is 16.4 Å². The molecule has 2 aromatic heterocycles. The first-order chi connectivity index (χ1) is 13.3. The highest BCUT2D eigenvalue weighted by Gasteiger charge is 2.20. The molecule has 0 aliphatic carbocycles. The summed E-state index contributed by atoms with van der Waals surface area (Å²) in [6.07, 6.45) is 0. The van der Waals surface area contributed by atoms with Gasteiger partial charge in [-0.05, 0) is 43.0 Å². The Morgan fingerprint density at radius 3 is 2.82 bits per heavy atom. The maximum absolute atomic E-state index is 12.4. The third-order valence-corrected chi connectivity index (χ3v) is 6.99. The fourth-order valence-electron chi connectivity index (χ4n) is 2.18. The molecule has 28 heavy (non-hydrogen) atoms. The first-order valence-corrected chi connectivity index (χ1v) is 11.0. The van der Waals surface area contributed by atoms with Crippen LogP contribution in [0.25, 0.3) is 0 Å². The number of nitrogens with two attached hydrogens (primary N) is 1. The number of benzene rings is 1. The van der Waals surface area contributed by atoms with E-state index < -0.39 is 11.2 Å². The highest BCUT2D eigenvalue weighted by molar-refractivity contribution is 8.02. The Hall–Kier alpha value is -2.14. The monoisotopic (exact) mass is 453 g/mol. The molecule has 146 valence electrons. The third kappa shape index (κ3) is 4.82. The number of carbonyl (C=O) groups excluding carboxylic acids is 2. The molecule has 0 fully saturated rings. The number of hydrogen-bond acceptors (Lipinski definition) is 8. The fourth-order valence-corrected chi connectivity index (χ4v) is 5.06. The summed E-state index contributed by atoms with van der Waals surface area (Å²) in [4.78, 5) is 23.8. The molecule has 3 rings (SSSR count). The number of hydrogen-bond donors (Lipinski definition) is 3. The van der Waals surface area contributed by atoms with Gasteiger partial charge in [-0.3, -0.25) is 9.59 Å². The number of primary amides is 1. The van der Waals surface area contributed by atoms with Crippen molar-refractivity contribution >= 4 is 73.7 Å². The van der Waals surface area contributed by atoms with Crippen LogP contribution in [0.4, 0.5) is 15.8 Å². The van der Waals surface area contributed by atoms with Crippen LogP contribution in [0.3, 0.4) is 0 Å². The maximum Gasteiger partial charge on any atom is 0.251 e. The number of thioether (sulfide) groups is 1. The van der Waals surface area contributed by atoms with E-state index in [2.05, 4.69) is 20.8 Å². The van der Waals surface area contributed by atoms with Gasteiger partial charge in [0.25, 0.3) is 5.91 Å². The smallest absolute Gasteiger partial charge is 0.251 e. The van der Waals surface area contributed by atoms with E-state index in [1.54, 1.807) is 18.4 Å². The van der Waals surface area contributed by atoms with E-state index in [4.69, 9.17) is 17.3 Å². The zero-order valence-corrected chi connectivity index (χ0v) is 18.1. The van der Waals surface area contributed by atoms with Gasteiger partial charge in [0.2, 0.25) is 11.0 Å². The number of nitrogens with zero attached hydrogens (tertiary/aromatic N) is 2. The van der Waals surface area contributed by atoms with Crippen LogP contribution in [-0.2, 0) is 4.79 Å². The van der Waals surface area contributed by atoms with Crippen molar-refractivity contribution in [2.24, 2.45) is 5.73 Å². The summed E-state index contributed by atoms with van der Waals surface area (Å²) >= 11 is 10.00. The fraction of sp³-hybridized carbons (Fsp3) is 0.176. The molecule has 0 saturated carbocycles. The summed E-state index contributed by atoms with van der Waals surface area (Å²) < 4.78 is 0.645. The highest BCUT2D eigenvalue weighted by Crippen LogP contribution is 2.33. The summed E-state index contributed by atoms with van der Waals surface area (Å²) in [6.45, 7) is 3.67. The van der Waals surface area contributed by atoms with Crippen LogP contribution in [0.2, 0.25) is 5.02 Å². The van der Waals surface area contributed by atoms with E-state index in [1.807, 2.05) is 25.1 Å². The van der Waals surface area contributed by atoms with Crippen molar-refractivity contribution in [3.63, 3.8) is 0 Å². The lowest BCUT2D eigenvalue weighted by Gasteiger charge is -2.09. The molecule has 7 nitrogen and oxygen atoms in total. The zero-order valence-electron chi connectivity index (χ0n) is 14.9. The number of thiophene rings is 1. The van der Waals surface area contributed by atoms with Crippen molar-refractivity contribution < 1.29 is 9.59 Å². The lowest BCUT2D eigenvalue weighted by molar-refractivity contribution is -0.115. The molecule has 0 aliphatic rings.